The molecule has 0 unspecified atom stereocenters. The molecule has 118 valence electrons. The van der Waals surface area contributed by atoms with E-state index in [1.54, 1.807) is 12.4 Å². The third-order valence-electron chi connectivity index (χ3n) is 3.22. The number of hydrogen-bond donors (Lipinski definition) is 0. The maximum atomic E-state index is 11.4. The van der Waals surface area contributed by atoms with E-state index in [2.05, 4.69) is 15.0 Å². The van der Waals surface area contributed by atoms with E-state index in [0.717, 1.165) is 17.1 Å². The minimum Gasteiger partial charge on any atom is -0.356 e. The number of sulfone groups is 1. The third kappa shape index (κ3) is 4.49. The van der Waals surface area contributed by atoms with Crippen molar-refractivity contribution in [1.82, 2.24) is 15.0 Å². The molecule has 0 fully saturated rings. The standard InChI is InChI=1S/C15H20N4O2S/c1-4-19(9-10-22(3,20)21)14-11-12(2)17-15(18-14)13-5-7-16-8-6-13/h5-8,11H,4,9-10H2,1-3H3. The fourth-order valence-corrected chi connectivity index (χ4v) is 2.61. The molecule has 6 nitrogen and oxygen atoms in total. The van der Waals surface area contributed by atoms with Crippen molar-refractivity contribution < 1.29 is 8.42 Å². The van der Waals surface area contributed by atoms with Gasteiger partial charge >= 0.3 is 0 Å². The molecule has 22 heavy (non-hydrogen) atoms. The summed E-state index contributed by atoms with van der Waals surface area (Å²) in [6.07, 6.45) is 4.64. The van der Waals surface area contributed by atoms with Gasteiger partial charge in [0.25, 0.3) is 0 Å². The van der Waals surface area contributed by atoms with Crippen LogP contribution in [0.4, 0.5) is 5.82 Å². The van der Waals surface area contributed by atoms with Gasteiger partial charge in [0.2, 0.25) is 0 Å². The maximum absolute atomic E-state index is 11.4. The van der Waals surface area contributed by atoms with Crippen molar-refractivity contribution in [3.8, 4) is 11.4 Å². The first-order valence-electron chi connectivity index (χ1n) is 7.08. The van der Waals surface area contributed by atoms with E-state index < -0.39 is 9.84 Å². The number of aryl methyl sites for hydroxylation is 1. The first-order chi connectivity index (χ1) is 10.4. The van der Waals surface area contributed by atoms with E-state index in [0.29, 0.717) is 18.9 Å². The fraction of sp³-hybridized carbons (Fsp3) is 0.400. The summed E-state index contributed by atoms with van der Waals surface area (Å²) < 4.78 is 22.7. The first-order valence-corrected chi connectivity index (χ1v) is 9.14. The number of hydrogen-bond acceptors (Lipinski definition) is 6. The van der Waals surface area contributed by atoms with Gasteiger partial charge in [-0.1, -0.05) is 0 Å². The lowest BCUT2D eigenvalue weighted by atomic mass is 10.2. The van der Waals surface area contributed by atoms with Gasteiger partial charge in [-0.3, -0.25) is 4.98 Å². The minimum absolute atomic E-state index is 0.106. The average molecular weight is 320 g/mol. The Morgan fingerprint density at radius 3 is 2.45 bits per heavy atom. The molecule has 2 rings (SSSR count). The highest BCUT2D eigenvalue weighted by Gasteiger charge is 2.12. The lowest BCUT2D eigenvalue weighted by Crippen LogP contribution is -2.29. The Morgan fingerprint density at radius 1 is 1.18 bits per heavy atom. The Bertz CT molecular complexity index is 732. The first kappa shape index (κ1) is 16.4. The zero-order chi connectivity index (χ0) is 16.2. The van der Waals surface area contributed by atoms with Crippen LogP contribution in [0.3, 0.4) is 0 Å². The van der Waals surface area contributed by atoms with Crippen molar-refractivity contribution in [3.63, 3.8) is 0 Å². The summed E-state index contributed by atoms with van der Waals surface area (Å²) in [4.78, 5) is 14.9. The summed E-state index contributed by atoms with van der Waals surface area (Å²) in [6.45, 7) is 4.98. The summed E-state index contributed by atoms with van der Waals surface area (Å²) in [5.74, 6) is 1.47. The maximum Gasteiger partial charge on any atom is 0.161 e. The van der Waals surface area contributed by atoms with Gasteiger partial charge in [-0.15, -0.1) is 0 Å². The molecule has 0 aliphatic rings. The zero-order valence-corrected chi connectivity index (χ0v) is 13.8. The van der Waals surface area contributed by atoms with Crippen LogP contribution < -0.4 is 4.90 Å². The van der Waals surface area contributed by atoms with E-state index in [4.69, 9.17) is 0 Å². The summed E-state index contributed by atoms with van der Waals surface area (Å²) >= 11 is 0. The molecule has 0 N–H and O–H groups in total. The van der Waals surface area contributed by atoms with Crippen molar-refractivity contribution in [1.29, 1.82) is 0 Å². The second-order valence-corrected chi connectivity index (χ2v) is 7.40. The van der Waals surface area contributed by atoms with Crippen molar-refractivity contribution in [2.24, 2.45) is 0 Å². The normalized spacial score (nSPS) is 11.4. The van der Waals surface area contributed by atoms with E-state index in [-0.39, 0.29) is 5.75 Å². The highest BCUT2D eigenvalue weighted by molar-refractivity contribution is 7.90. The molecule has 2 aromatic rings. The second kappa shape index (κ2) is 6.83. The molecule has 0 saturated heterocycles. The predicted molar refractivity (Wildman–Crippen MR) is 87.6 cm³/mol. The Labute approximate surface area is 131 Å². The lowest BCUT2D eigenvalue weighted by molar-refractivity contribution is 0.600. The Hall–Kier alpha value is -2.02. The van der Waals surface area contributed by atoms with Gasteiger partial charge in [0.1, 0.15) is 15.7 Å². The van der Waals surface area contributed by atoms with Crippen molar-refractivity contribution in [3.05, 3.63) is 36.3 Å². The molecule has 0 aromatic carbocycles. The number of rotatable bonds is 6. The molecular weight excluding hydrogens is 300 g/mol. The highest BCUT2D eigenvalue weighted by atomic mass is 32.2. The molecule has 0 amide bonds. The van der Waals surface area contributed by atoms with Crippen molar-refractivity contribution in [2.45, 2.75) is 13.8 Å². The van der Waals surface area contributed by atoms with Gasteiger partial charge in [0.05, 0.1) is 5.75 Å². The number of nitrogens with zero attached hydrogens (tertiary/aromatic N) is 4. The van der Waals surface area contributed by atoms with Gasteiger partial charge in [-0.05, 0) is 26.0 Å². The van der Waals surface area contributed by atoms with Gasteiger partial charge in [-0.25, -0.2) is 18.4 Å². The molecular formula is C15H20N4O2S. The summed E-state index contributed by atoms with van der Waals surface area (Å²) in [6, 6.07) is 5.58. The largest absolute Gasteiger partial charge is 0.356 e. The quantitative estimate of drug-likeness (QED) is 0.806. The van der Waals surface area contributed by atoms with Gasteiger partial charge in [-0.2, -0.15) is 0 Å². The number of aromatic nitrogens is 3. The lowest BCUT2D eigenvalue weighted by Gasteiger charge is -2.22. The summed E-state index contributed by atoms with van der Waals surface area (Å²) in [7, 11) is -3.00. The molecule has 7 heteroatoms. The van der Waals surface area contributed by atoms with Crippen LogP contribution in [0.15, 0.2) is 30.6 Å². The van der Waals surface area contributed by atoms with Crippen LogP contribution >= 0.6 is 0 Å². The van der Waals surface area contributed by atoms with E-state index in [9.17, 15) is 8.42 Å². The molecule has 0 spiro atoms. The van der Waals surface area contributed by atoms with E-state index >= 15 is 0 Å². The third-order valence-corrected chi connectivity index (χ3v) is 4.14. The zero-order valence-electron chi connectivity index (χ0n) is 13.0. The number of pyridine rings is 1. The number of anilines is 1. The topological polar surface area (TPSA) is 76.1 Å². The molecule has 0 atom stereocenters. The van der Waals surface area contributed by atoms with Crippen molar-refractivity contribution >= 4 is 15.7 Å². The molecule has 0 bridgehead atoms. The average Bonchev–Trinajstić information content (AvgIpc) is 2.47. The summed E-state index contributed by atoms with van der Waals surface area (Å²) in [5.41, 5.74) is 1.73. The SMILES string of the molecule is CCN(CCS(C)(=O)=O)c1cc(C)nc(-c2ccncc2)n1. The Morgan fingerprint density at radius 2 is 1.86 bits per heavy atom. The molecule has 2 heterocycles. The van der Waals surface area contributed by atoms with Gasteiger partial charge in [0.15, 0.2) is 5.82 Å². The monoisotopic (exact) mass is 320 g/mol. The Kier molecular flexibility index (Phi) is 5.07. The van der Waals surface area contributed by atoms with E-state index in [1.165, 1.54) is 6.26 Å². The highest BCUT2D eigenvalue weighted by Crippen LogP contribution is 2.19. The van der Waals surface area contributed by atoms with E-state index in [1.807, 2.05) is 36.9 Å². The van der Waals surface area contributed by atoms with Crippen LogP contribution in [0, 0.1) is 6.92 Å². The van der Waals surface area contributed by atoms with Crippen LogP contribution in [-0.2, 0) is 9.84 Å². The molecule has 0 saturated carbocycles. The fourth-order valence-electron chi connectivity index (χ4n) is 2.05. The predicted octanol–water partition coefficient (Wildman–Crippen LogP) is 1.72. The molecule has 0 aliphatic carbocycles. The minimum atomic E-state index is -3.00. The molecule has 0 aliphatic heterocycles. The Balaban J connectivity index is 2.32. The second-order valence-electron chi connectivity index (χ2n) is 5.14. The summed E-state index contributed by atoms with van der Waals surface area (Å²) in [5, 5.41) is 0. The van der Waals surface area contributed by atoms with Crippen molar-refractivity contribution in [2.75, 3.05) is 30.0 Å². The molecule has 2 aromatic heterocycles. The van der Waals surface area contributed by atoms with Crippen LogP contribution in [-0.4, -0.2) is 48.5 Å². The molecule has 0 radical (unpaired) electrons. The van der Waals surface area contributed by atoms with Gasteiger partial charge in [0, 0.05) is 49.1 Å². The van der Waals surface area contributed by atoms with Gasteiger partial charge < -0.3 is 4.90 Å². The van der Waals surface area contributed by atoms with Crippen LogP contribution in [0.5, 0.6) is 0 Å². The van der Waals surface area contributed by atoms with Crippen LogP contribution in [0.2, 0.25) is 0 Å². The van der Waals surface area contributed by atoms with Crippen LogP contribution in [0.1, 0.15) is 12.6 Å². The smallest absolute Gasteiger partial charge is 0.161 e. The van der Waals surface area contributed by atoms with Crippen LogP contribution in [0.25, 0.3) is 11.4 Å².